The molecule has 0 aliphatic carbocycles. The number of aryl methyl sites for hydroxylation is 2. The summed E-state index contributed by atoms with van der Waals surface area (Å²) in [4.78, 5) is 13.9. The van der Waals surface area contributed by atoms with Crippen LogP contribution in [0.5, 0.6) is 0 Å². The van der Waals surface area contributed by atoms with Gasteiger partial charge in [0.2, 0.25) is 0 Å². The first-order valence-corrected chi connectivity index (χ1v) is 5.48. The number of thiocarbonyl (C=S) groups is 1. The van der Waals surface area contributed by atoms with Crippen LogP contribution in [0.15, 0.2) is 6.07 Å². The highest BCUT2D eigenvalue weighted by Gasteiger charge is 2.30. The molecule has 2 rings (SSSR count). The third-order valence-electron chi connectivity index (χ3n) is 2.16. The highest BCUT2D eigenvalue weighted by molar-refractivity contribution is 7.80. The van der Waals surface area contributed by atoms with Crippen LogP contribution in [-0.4, -0.2) is 11.0 Å². The summed E-state index contributed by atoms with van der Waals surface area (Å²) < 4.78 is 0. The lowest BCUT2D eigenvalue weighted by molar-refractivity contribution is -0.120. The minimum Gasteiger partial charge on any atom is -0.347 e. The molecule has 5 heteroatoms. The quantitative estimate of drug-likeness (QED) is 0.711. The maximum atomic E-state index is 11.5. The van der Waals surface area contributed by atoms with Crippen molar-refractivity contribution in [3.8, 4) is 0 Å². The van der Waals surface area contributed by atoms with Gasteiger partial charge in [-0.1, -0.05) is 0 Å². The zero-order valence-electron chi connectivity index (χ0n) is 7.88. The lowest BCUT2D eigenvalue weighted by atomic mass is 10.1. The van der Waals surface area contributed by atoms with Gasteiger partial charge in [-0.25, -0.2) is 0 Å². The Balaban J connectivity index is 2.36. The smallest absolute Gasteiger partial charge is 0.253 e. The fourth-order valence-corrected chi connectivity index (χ4v) is 2.75. The van der Waals surface area contributed by atoms with Gasteiger partial charge < -0.3 is 10.6 Å². The van der Waals surface area contributed by atoms with Crippen LogP contribution in [0, 0.1) is 13.8 Å². The first-order valence-electron chi connectivity index (χ1n) is 4.26. The number of carbonyl (C=O) groups excluding carboxylic acids is 1. The van der Waals surface area contributed by atoms with Gasteiger partial charge in [-0.05, 0) is 37.7 Å². The summed E-state index contributed by atoms with van der Waals surface area (Å²) in [5.41, 5.74) is 1.03. The third kappa shape index (κ3) is 1.53. The van der Waals surface area contributed by atoms with Crippen molar-refractivity contribution in [2.45, 2.75) is 19.9 Å². The Bertz CT molecular complexity index is 411. The standard InChI is InChI=1S/C9H10N2OS2/c1-4-3-6(5(2)14-4)7-8(12)11-9(13)10-7/h3,7H,1-2H3,(H2,10,11,12,13). The molecule has 1 unspecified atom stereocenters. The van der Waals surface area contributed by atoms with Crippen molar-refractivity contribution < 1.29 is 4.79 Å². The zero-order valence-corrected chi connectivity index (χ0v) is 9.51. The summed E-state index contributed by atoms with van der Waals surface area (Å²) >= 11 is 6.58. The van der Waals surface area contributed by atoms with Gasteiger partial charge >= 0.3 is 0 Å². The maximum absolute atomic E-state index is 11.5. The zero-order chi connectivity index (χ0) is 10.3. The monoisotopic (exact) mass is 226 g/mol. The molecule has 0 radical (unpaired) electrons. The molecular formula is C9H10N2OS2. The minimum absolute atomic E-state index is 0.0594. The molecule has 14 heavy (non-hydrogen) atoms. The number of hydrogen-bond donors (Lipinski definition) is 2. The van der Waals surface area contributed by atoms with Crippen LogP contribution in [-0.2, 0) is 4.79 Å². The highest BCUT2D eigenvalue weighted by atomic mass is 32.1. The van der Waals surface area contributed by atoms with Gasteiger partial charge in [0.15, 0.2) is 5.11 Å². The minimum atomic E-state index is -0.299. The summed E-state index contributed by atoms with van der Waals surface area (Å²) in [6, 6.07) is 1.73. The Morgan fingerprint density at radius 2 is 2.21 bits per heavy atom. The Labute approximate surface area is 91.5 Å². The molecule has 0 bridgehead atoms. The molecule has 1 aliphatic rings. The van der Waals surface area contributed by atoms with Gasteiger partial charge in [-0.3, -0.25) is 4.79 Å². The summed E-state index contributed by atoms with van der Waals surface area (Å²) in [5.74, 6) is -0.0594. The molecule has 1 aromatic heterocycles. The van der Waals surface area contributed by atoms with Crippen LogP contribution in [0.1, 0.15) is 21.4 Å². The van der Waals surface area contributed by atoms with E-state index < -0.39 is 0 Å². The van der Waals surface area contributed by atoms with E-state index >= 15 is 0 Å². The summed E-state index contributed by atoms with van der Waals surface area (Å²) in [6.07, 6.45) is 0. The van der Waals surface area contributed by atoms with Crippen LogP contribution >= 0.6 is 23.6 Å². The van der Waals surface area contributed by atoms with Crippen molar-refractivity contribution in [1.29, 1.82) is 0 Å². The Morgan fingerprint density at radius 3 is 2.64 bits per heavy atom. The van der Waals surface area contributed by atoms with Gasteiger partial charge in [-0.2, -0.15) is 0 Å². The van der Waals surface area contributed by atoms with Crippen molar-refractivity contribution in [2.75, 3.05) is 0 Å². The molecule has 2 heterocycles. The van der Waals surface area contributed by atoms with Gasteiger partial charge in [0, 0.05) is 9.75 Å². The number of thiophene rings is 1. The highest BCUT2D eigenvalue weighted by Crippen LogP contribution is 2.27. The second-order valence-electron chi connectivity index (χ2n) is 3.26. The predicted octanol–water partition coefficient (Wildman–Crippen LogP) is 1.41. The second-order valence-corrected chi connectivity index (χ2v) is 5.13. The van der Waals surface area contributed by atoms with Gasteiger partial charge in [-0.15, -0.1) is 11.3 Å². The van der Waals surface area contributed by atoms with Crippen molar-refractivity contribution in [2.24, 2.45) is 0 Å². The second kappa shape index (κ2) is 3.33. The fraction of sp³-hybridized carbons (Fsp3) is 0.333. The molecule has 0 spiro atoms. The number of amides is 1. The van der Waals surface area contributed by atoms with Gasteiger partial charge in [0.1, 0.15) is 6.04 Å². The van der Waals surface area contributed by atoms with Crippen LogP contribution in [0.3, 0.4) is 0 Å². The van der Waals surface area contributed by atoms with Crippen molar-refractivity contribution in [1.82, 2.24) is 10.6 Å². The number of nitrogens with one attached hydrogen (secondary N) is 2. The molecule has 1 amide bonds. The van der Waals surface area contributed by atoms with E-state index in [2.05, 4.69) is 10.6 Å². The van der Waals surface area contributed by atoms with E-state index in [1.54, 1.807) is 11.3 Å². The van der Waals surface area contributed by atoms with E-state index in [9.17, 15) is 4.79 Å². The van der Waals surface area contributed by atoms with Crippen molar-refractivity contribution >= 4 is 34.6 Å². The third-order valence-corrected chi connectivity index (χ3v) is 3.37. The maximum Gasteiger partial charge on any atom is 0.253 e. The molecule has 1 atom stereocenters. The molecule has 1 fully saturated rings. The van der Waals surface area contributed by atoms with Gasteiger partial charge in [0.05, 0.1) is 0 Å². The summed E-state index contributed by atoms with van der Waals surface area (Å²) in [5, 5.41) is 5.96. The lowest BCUT2D eigenvalue weighted by Crippen LogP contribution is -2.21. The molecule has 0 aromatic carbocycles. The predicted molar refractivity (Wildman–Crippen MR) is 60.4 cm³/mol. The molecule has 74 valence electrons. The first-order chi connectivity index (χ1) is 6.58. The molecular weight excluding hydrogens is 216 g/mol. The SMILES string of the molecule is Cc1cc(C2NC(=S)NC2=O)c(C)s1. The molecule has 1 aromatic rings. The number of rotatable bonds is 1. The van der Waals surface area contributed by atoms with E-state index in [-0.39, 0.29) is 11.9 Å². The summed E-state index contributed by atoms with van der Waals surface area (Å²) in [7, 11) is 0. The van der Waals surface area contributed by atoms with Gasteiger partial charge in [0.25, 0.3) is 5.91 Å². The average Bonchev–Trinajstić information content (AvgIpc) is 2.55. The molecule has 3 nitrogen and oxygen atoms in total. The molecule has 0 saturated carbocycles. The molecule has 1 aliphatic heterocycles. The van der Waals surface area contributed by atoms with Crippen molar-refractivity contribution in [3.05, 3.63) is 21.4 Å². The van der Waals surface area contributed by atoms with E-state index in [0.29, 0.717) is 5.11 Å². The molecule has 1 saturated heterocycles. The largest absolute Gasteiger partial charge is 0.347 e. The fourth-order valence-electron chi connectivity index (χ4n) is 1.57. The first kappa shape index (κ1) is 9.61. The van der Waals surface area contributed by atoms with E-state index in [1.165, 1.54) is 9.75 Å². The topological polar surface area (TPSA) is 41.1 Å². The van der Waals surface area contributed by atoms with E-state index in [0.717, 1.165) is 5.56 Å². The van der Waals surface area contributed by atoms with E-state index in [4.69, 9.17) is 12.2 Å². The summed E-state index contributed by atoms with van der Waals surface area (Å²) in [6.45, 7) is 4.05. The number of hydrogen-bond acceptors (Lipinski definition) is 3. The Morgan fingerprint density at radius 1 is 1.50 bits per heavy atom. The van der Waals surface area contributed by atoms with Crippen LogP contribution in [0.4, 0.5) is 0 Å². The number of carbonyl (C=O) groups is 1. The Kier molecular flexibility index (Phi) is 2.28. The van der Waals surface area contributed by atoms with E-state index in [1.807, 2.05) is 19.9 Å². The molecule has 2 N–H and O–H groups in total. The van der Waals surface area contributed by atoms with Crippen LogP contribution < -0.4 is 10.6 Å². The normalized spacial score (nSPS) is 20.9. The van der Waals surface area contributed by atoms with Crippen molar-refractivity contribution in [3.63, 3.8) is 0 Å². The lowest BCUT2D eigenvalue weighted by Gasteiger charge is -2.06. The average molecular weight is 226 g/mol. The van der Waals surface area contributed by atoms with Crippen LogP contribution in [0.2, 0.25) is 0 Å². The van der Waals surface area contributed by atoms with Crippen LogP contribution in [0.25, 0.3) is 0 Å². The Hall–Kier alpha value is -0.940.